The van der Waals surface area contributed by atoms with Crippen LogP contribution in [0.1, 0.15) is 22.3 Å². The lowest BCUT2D eigenvalue weighted by molar-refractivity contribution is -0.384. The Morgan fingerprint density at radius 2 is 1.96 bits per heavy atom. The van der Waals surface area contributed by atoms with E-state index in [1.807, 2.05) is 0 Å². The fourth-order valence-corrected chi connectivity index (χ4v) is 2.46. The molecule has 0 atom stereocenters. The number of nitrogens with zero attached hydrogens (tertiary/aromatic N) is 2. The van der Waals surface area contributed by atoms with Gasteiger partial charge in [-0.1, -0.05) is 23.2 Å². The van der Waals surface area contributed by atoms with Gasteiger partial charge in [-0.25, -0.2) is 4.98 Å². The Balaban J connectivity index is 1.87. The molecule has 1 heterocycles. The summed E-state index contributed by atoms with van der Waals surface area (Å²) in [6, 6.07) is 4.84. The second kappa shape index (κ2) is 9.07. The van der Waals surface area contributed by atoms with Crippen LogP contribution in [-0.2, 0) is 6.18 Å². The molecule has 28 heavy (non-hydrogen) atoms. The molecule has 0 unspecified atom stereocenters. The molecule has 2 rings (SSSR count). The van der Waals surface area contributed by atoms with Crippen LogP contribution in [0.5, 0.6) is 5.88 Å². The number of halogens is 5. The lowest BCUT2D eigenvalue weighted by Crippen LogP contribution is -2.26. The molecule has 2 aromatic rings. The van der Waals surface area contributed by atoms with Crippen molar-refractivity contribution in [3.8, 4) is 5.88 Å². The molecule has 0 saturated carbocycles. The molecule has 12 heteroatoms. The number of hydrogen-bond acceptors (Lipinski definition) is 5. The van der Waals surface area contributed by atoms with Gasteiger partial charge in [-0.2, -0.15) is 13.2 Å². The van der Waals surface area contributed by atoms with Crippen LogP contribution in [0.4, 0.5) is 18.9 Å². The monoisotopic (exact) mass is 437 g/mol. The van der Waals surface area contributed by atoms with Crippen LogP contribution in [0.15, 0.2) is 30.3 Å². The molecule has 0 bridgehead atoms. The number of ether oxygens (including phenoxy) is 1. The minimum absolute atomic E-state index is 0.0437. The van der Waals surface area contributed by atoms with Crippen LogP contribution >= 0.6 is 23.2 Å². The van der Waals surface area contributed by atoms with Gasteiger partial charge < -0.3 is 10.1 Å². The molecule has 1 N–H and O–H groups in total. The molecule has 0 aliphatic rings. The van der Waals surface area contributed by atoms with Crippen molar-refractivity contribution in [2.24, 2.45) is 0 Å². The molecular formula is C16H12Cl2F3N3O4. The summed E-state index contributed by atoms with van der Waals surface area (Å²) >= 11 is 11.4. The van der Waals surface area contributed by atoms with E-state index in [0.717, 1.165) is 6.07 Å². The number of amides is 1. The van der Waals surface area contributed by atoms with Gasteiger partial charge in [0.15, 0.2) is 0 Å². The minimum atomic E-state index is -4.59. The van der Waals surface area contributed by atoms with Crippen LogP contribution < -0.4 is 10.1 Å². The first-order chi connectivity index (χ1) is 13.1. The Morgan fingerprint density at radius 1 is 1.25 bits per heavy atom. The van der Waals surface area contributed by atoms with E-state index in [1.54, 1.807) is 0 Å². The zero-order chi connectivity index (χ0) is 20.9. The van der Waals surface area contributed by atoms with E-state index in [1.165, 1.54) is 12.1 Å². The maximum atomic E-state index is 12.7. The number of non-ortho nitro benzene ring substituents is 1. The predicted octanol–water partition coefficient (Wildman–Crippen LogP) is 4.51. The average Bonchev–Trinajstić information content (AvgIpc) is 2.60. The normalized spacial score (nSPS) is 11.2. The van der Waals surface area contributed by atoms with Gasteiger partial charge in [-0.05, 0) is 18.6 Å². The van der Waals surface area contributed by atoms with Crippen molar-refractivity contribution in [3.63, 3.8) is 0 Å². The molecule has 0 aliphatic heterocycles. The number of nitro benzene ring substituents is 1. The molecule has 7 nitrogen and oxygen atoms in total. The van der Waals surface area contributed by atoms with Crippen LogP contribution in [0.3, 0.4) is 0 Å². The number of carbonyl (C=O) groups excluding carboxylic acids is 1. The molecule has 0 fully saturated rings. The minimum Gasteiger partial charge on any atom is -0.478 e. The second-order valence-corrected chi connectivity index (χ2v) is 6.19. The first-order valence-electron chi connectivity index (χ1n) is 7.67. The first kappa shape index (κ1) is 21.7. The number of benzene rings is 1. The van der Waals surface area contributed by atoms with Crippen molar-refractivity contribution in [3.05, 3.63) is 61.7 Å². The maximum absolute atomic E-state index is 12.7. The molecule has 0 saturated heterocycles. The average molecular weight is 438 g/mol. The number of pyridine rings is 1. The highest BCUT2D eigenvalue weighted by atomic mass is 35.5. The van der Waals surface area contributed by atoms with Crippen molar-refractivity contribution < 1.29 is 27.6 Å². The lowest BCUT2D eigenvalue weighted by atomic mass is 10.2. The van der Waals surface area contributed by atoms with Crippen LogP contribution in [-0.4, -0.2) is 29.0 Å². The van der Waals surface area contributed by atoms with E-state index in [9.17, 15) is 28.1 Å². The van der Waals surface area contributed by atoms with Crippen LogP contribution in [0.25, 0.3) is 0 Å². The van der Waals surface area contributed by atoms with E-state index >= 15 is 0 Å². The van der Waals surface area contributed by atoms with E-state index in [0.29, 0.717) is 12.1 Å². The highest BCUT2D eigenvalue weighted by Crippen LogP contribution is 2.32. The summed E-state index contributed by atoms with van der Waals surface area (Å²) in [6.45, 7) is 0.0398. The van der Waals surface area contributed by atoms with E-state index in [2.05, 4.69) is 10.3 Å². The highest BCUT2D eigenvalue weighted by molar-refractivity contribution is 6.34. The predicted molar refractivity (Wildman–Crippen MR) is 94.8 cm³/mol. The van der Waals surface area contributed by atoms with Crippen LogP contribution in [0, 0.1) is 10.1 Å². The number of aromatic nitrogens is 1. The summed E-state index contributed by atoms with van der Waals surface area (Å²) in [5, 5.41) is 12.9. The molecule has 1 amide bonds. The summed E-state index contributed by atoms with van der Waals surface area (Å²) < 4.78 is 43.3. The second-order valence-electron chi connectivity index (χ2n) is 5.39. The summed E-state index contributed by atoms with van der Waals surface area (Å²) in [5.74, 6) is -0.929. The topological polar surface area (TPSA) is 94.4 Å². The number of nitro groups is 1. The maximum Gasteiger partial charge on any atom is 0.416 e. The van der Waals surface area contributed by atoms with Gasteiger partial charge in [0.1, 0.15) is 5.15 Å². The standard InChI is InChI=1S/C16H12Cl2F3N3O4/c17-12-3-2-10(24(26)27)8-11(12)15(25)22-4-1-5-28-14-7-9(16(19,20)21)6-13(18)23-14/h2-3,6-8H,1,4-5H2,(H,22,25). The first-order valence-corrected chi connectivity index (χ1v) is 8.43. The number of alkyl halides is 3. The molecule has 1 aromatic carbocycles. The van der Waals surface area contributed by atoms with E-state index in [4.69, 9.17) is 27.9 Å². The van der Waals surface area contributed by atoms with Gasteiger partial charge in [0.05, 0.1) is 27.7 Å². The Morgan fingerprint density at radius 3 is 2.61 bits per heavy atom. The van der Waals surface area contributed by atoms with Crippen molar-refractivity contribution in [1.29, 1.82) is 0 Å². The van der Waals surface area contributed by atoms with Gasteiger partial charge >= 0.3 is 6.18 Å². The zero-order valence-electron chi connectivity index (χ0n) is 13.9. The Hall–Kier alpha value is -2.59. The molecular weight excluding hydrogens is 426 g/mol. The van der Waals surface area contributed by atoms with Gasteiger partial charge in [0.25, 0.3) is 11.6 Å². The largest absolute Gasteiger partial charge is 0.478 e. The van der Waals surface area contributed by atoms with Gasteiger partial charge in [0.2, 0.25) is 5.88 Å². The summed E-state index contributed by atoms with van der Waals surface area (Å²) in [7, 11) is 0. The van der Waals surface area contributed by atoms with Gasteiger partial charge in [-0.3, -0.25) is 14.9 Å². The number of nitrogens with one attached hydrogen (secondary N) is 1. The third-order valence-electron chi connectivity index (χ3n) is 3.36. The van der Waals surface area contributed by atoms with Crippen molar-refractivity contribution in [2.75, 3.05) is 13.2 Å². The quantitative estimate of drug-likeness (QED) is 0.297. The number of hydrogen-bond donors (Lipinski definition) is 1. The number of rotatable bonds is 7. The Bertz CT molecular complexity index is 894. The third kappa shape index (κ3) is 5.96. The SMILES string of the molecule is O=C(NCCCOc1cc(C(F)(F)F)cc(Cl)n1)c1cc([N+](=O)[O-])ccc1Cl. The van der Waals surface area contributed by atoms with Crippen molar-refractivity contribution in [2.45, 2.75) is 12.6 Å². The summed E-state index contributed by atoms with van der Waals surface area (Å²) in [4.78, 5) is 25.8. The molecule has 0 spiro atoms. The zero-order valence-corrected chi connectivity index (χ0v) is 15.4. The summed E-state index contributed by atoms with van der Waals surface area (Å²) in [6.07, 6.45) is -4.36. The fraction of sp³-hybridized carbons (Fsp3) is 0.250. The van der Waals surface area contributed by atoms with Gasteiger partial charge in [-0.15, -0.1) is 0 Å². The van der Waals surface area contributed by atoms with Gasteiger partial charge in [0, 0.05) is 24.7 Å². The Kier molecular flexibility index (Phi) is 7.03. The van der Waals surface area contributed by atoms with E-state index < -0.39 is 22.6 Å². The highest BCUT2D eigenvalue weighted by Gasteiger charge is 2.31. The Labute approximate surface area is 166 Å². The fourth-order valence-electron chi connectivity index (χ4n) is 2.06. The van der Waals surface area contributed by atoms with Crippen molar-refractivity contribution >= 4 is 34.8 Å². The number of carbonyl (C=O) groups is 1. The lowest BCUT2D eigenvalue weighted by Gasteiger charge is -2.11. The van der Waals surface area contributed by atoms with Crippen LogP contribution in [0.2, 0.25) is 10.2 Å². The molecule has 150 valence electrons. The smallest absolute Gasteiger partial charge is 0.416 e. The third-order valence-corrected chi connectivity index (χ3v) is 3.88. The molecule has 1 aromatic heterocycles. The molecule has 0 aliphatic carbocycles. The molecule has 0 radical (unpaired) electrons. The summed E-state index contributed by atoms with van der Waals surface area (Å²) in [5.41, 5.74) is -1.34. The van der Waals surface area contributed by atoms with Crippen molar-refractivity contribution in [1.82, 2.24) is 10.3 Å². The van der Waals surface area contributed by atoms with E-state index in [-0.39, 0.29) is 46.9 Å².